The zero-order valence-corrected chi connectivity index (χ0v) is 20.9. The summed E-state index contributed by atoms with van der Waals surface area (Å²) in [4.78, 5) is 27.3. The van der Waals surface area contributed by atoms with Gasteiger partial charge in [-0.3, -0.25) is 4.79 Å². The van der Waals surface area contributed by atoms with Gasteiger partial charge in [-0.1, -0.05) is 48.5 Å². The van der Waals surface area contributed by atoms with Crippen LogP contribution in [0.25, 0.3) is 0 Å². The molecular formula is C29H29F2O4S+. The van der Waals surface area contributed by atoms with Crippen LogP contribution >= 0.6 is 0 Å². The number of rotatable bonds is 9. The molecule has 0 N–H and O–H groups in total. The molecule has 1 saturated carbocycles. The minimum Gasteiger partial charge on any atom is -0.459 e. The van der Waals surface area contributed by atoms with Crippen molar-refractivity contribution < 1.29 is 27.8 Å². The molecule has 188 valence electrons. The Morgan fingerprint density at radius 1 is 0.861 bits per heavy atom. The Hall–Kier alpha value is -3.19. The SMILES string of the molecule is CC1(OC(=O)CCC(F)(F)C(=O)Oc2ccccc2[S+](c2ccccc2)c2ccccc2)CCCC1. The summed E-state index contributed by atoms with van der Waals surface area (Å²) in [7, 11) is -0.684. The van der Waals surface area contributed by atoms with E-state index in [-0.39, 0.29) is 5.75 Å². The number of ether oxygens (including phenoxy) is 2. The van der Waals surface area contributed by atoms with Gasteiger partial charge in [0.05, 0.1) is 6.42 Å². The lowest BCUT2D eigenvalue weighted by Gasteiger charge is -2.24. The van der Waals surface area contributed by atoms with Gasteiger partial charge in [0.15, 0.2) is 15.5 Å². The Balaban J connectivity index is 1.51. The Morgan fingerprint density at radius 2 is 1.39 bits per heavy atom. The highest BCUT2D eigenvalue weighted by atomic mass is 32.2. The molecule has 1 aliphatic rings. The first kappa shape index (κ1) is 25.9. The van der Waals surface area contributed by atoms with E-state index in [1.54, 1.807) is 18.2 Å². The number of hydrogen-bond donors (Lipinski definition) is 0. The average Bonchev–Trinajstić information content (AvgIpc) is 3.31. The lowest BCUT2D eigenvalue weighted by Crippen LogP contribution is -2.35. The van der Waals surface area contributed by atoms with Gasteiger partial charge in [-0.25, -0.2) is 4.79 Å². The van der Waals surface area contributed by atoms with E-state index >= 15 is 0 Å². The molecule has 0 aromatic heterocycles. The summed E-state index contributed by atoms with van der Waals surface area (Å²) in [5.41, 5.74) is -0.601. The van der Waals surface area contributed by atoms with Crippen LogP contribution in [-0.4, -0.2) is 23.5 Å². The number of benzene rings is 3. The van der Waals surface area contributed by atoms with Crippen molar-refractivity contribution in [2.24, 2.45) is 0 Å². The van der Waals surface area contributed by atoms with Gasteiger partial charge in [0.1, 0.15) is 16.5 Å². The highest BCUT2D eigenvalue weighted by Gasteiger charge is 2.43. The number of hydrogen-bond acceptors (Lipinski definition) is 4. The fraction of sp³-hybridized carbons (Fsp3) is 0.310. The second-order valence-corrected chi connectivity index (χ2v) is 11.1. The fourth-order valence-corrected chi connectivity index (χ4v) is 6.46. The van der Waals surface area contributed by atoms with Gasteiger partial charge in [-0.05, 0) is 69.0 Å². The van der Waals surface area contributed by atoms with E-state index in [4.69, 9.17) is 9.47 Å². The molecule has 4 nitrogen and oxygen atoms in total. The molecule has 0 bridgehead atoms. The largest absolute Gasteiger partial charge is 0.459 e. The second kappa shape index (κ2) is 11.2. The minimum absolute atomic E-state index is 0.0688. The predicted molar refractivity (Wildman–Crippen MR) is 134 cm³/mol. The molecule has 0 aliphatic heterocycles. The van der Waals surface area contributed by atoms with Gasteiger partial charge in [0.25, 0.3) is 0 Å². The van der Waals surface area contributed by atoms with E-state index in [0.29, 0.717) is 4.90 Å². The number of alkyl halides is 2. The first-order valence-corrected chi connectivity index (χ1v) is 13.3. The van der Waals surface area contributed by atoms with Crippen LogP contribution in [0.4, 0.5) is 8.78 Å². The maximum atomic E-state index is 14.8. The molecule has 4 rings (SSSR count). The maximum Gasteiger partial charge on any atom is 0.382 e. The standard InChI is InChI=1S/C29H29F2O4S/c1-28(19-10-11-20-28)35-26(32)18-21-29(30,31)27(33)34-24-16-8-9-17-25(24)36(22-12-4-2-5-13-22)23-14-6-3-7-15-23/h2-9,12-17H,10-11,18-21H2,1H3/q+1. The Morgan fingerprint density at radius 3 is 1.97 bits per heavy atom. The minimum atomic E-state index is -3.83. The Kier molecular flexibility index (Phi) is 8.09. The van der Waals surface area contributed by atoms with E-state index in [2.05, 4.69) is 0 Å². The summed E-state index contributed by atoms with van der Waals surface area (Å²) in [6, 6.07) is 26.0. The summed E-state index contributed by atoms with van der Waals surface area (Å²) in [5, 5.41) is 0. The van der Waals surface area contributed by atoms with Gasteiger partial charge >= 0.3 is 17.9 Å². The smallest absolute Gasteiger partial charge is 0.382 e. The van der Waals surface area contributed by atoms with Crippen molar-refractivity contribution in [3.05, 3.63) is 84.9 Å². The van der Waals surface area contributed by atoms with Crippen LogP contribution in [-0.2, 0) is 25.2 Å². The summed E-state index contributed by atoms with van der Waals surface area (Å²) < 4.78 is 40.2. The molecule has 0 heterocycles. The quantitative estimate of drug-likeness (QED) is 0.177. The van der Waals surface area contributed by atoms with Gasteiger partial charge in [0.2, 0.25) is 4.90 Å². The van der Waals surface area contributed by atoms with Crippen molar-refractivity contribution in [3.8, 4) is 5.75 Å². The van der Waals surface area contributed by atoms with Crippen LogP contribution in [0.1, 0.15) is 45.4 Å². The normalized spacial score (nSPS) is 15.0. The number of halogens is 2. The number of esters is 2. The van der Waals surface area contributed by atoms with Crippen molar-refractivity contribution in [3.63, 3.8) is 0 Å². The van der Waals surface area contributed by atoms with Crippen LogP contribution in [0.5, 0.6) is 5.75 Å². The summed E-state index contributed by atoms with van der Waals surface area (Å²) in [5.74, 6) is -6.17. The maximum absolute atomic E-state index is 14.8. The molecule has 1 fully saturated rings. The van der Waals surface area contributed by atoms with Crippen LogP contribution in [0, 0.1) is 0 Å². The van der Waals surface area contributed by atoms with E-state index in [9.17, 15) is 18.4 Å². The lowest BCUT2D eigenvalue weighted by atomic mass is 10.1. The Bertz CT molecular complexity index is 1140. The molecule has 3 aromatic rings. The van der Waals surface area contributed by atoms with Crippen LogP contribution in [0.15, 0.2) is 99.6 Å². The monoisotopic (exact) mass is 511 g/mol. The third-order valence-corrected chi connectivity index (χ3v) is 8.46. The fourth-order valence-electron chi connectivity index (χ4n) is 4.29. The lowest BCUT2D eigenvalue weighted by molar-refractivity contribution is -0.167. The van der Waals surface area contributed by atoms with Crippen LogP contribution in [0.3, 0.4) is 0 Å². The summed E-state index contributed by atoms with van der Waals surface area (Å²) in [6.07, 6.45) is 1.81. The molecule has 0 saturated heterocycles. The molecule has 0 amide bonds. The summed E-state index contributed by atoms with van der Waals surface area (Å²) in [6.45, 7) is 1.82. The van der Waals surface area contributed by atoms with Crippen LogP contribution < -0.4 is 4.74 Å². The van der Waals surface area contributed by atoms with Crippen molar-refractivity contribution in [2.45, 2.75) is 71.7 Å². The number of carbonyl (C=O) groups excluding carboxylic acids is 2. The van der Waals surface area contributed by atoms with Gasteiger partial charge in [-0.2, -0.15) is 8.78 Å². The third kappa shape index (κ3) is 6.32. The van der Waals surface area contributed by atoms with Gasteiger partial charge in [0, 0.05) is 6.42 Å². The highest BCUT2D eigenvalue weighted by Crippen LogP contribution is 2.38. The van der Waals surface area contributed by atoms with E-state index in [0.717, 1.165) is 35.5 Å². The molecule has 0 unspecified atom stereocenters. The first-order chi connectivity index (χ1) is 17.3. The van der Waals surface area contributed by atoms with Crippen LogP contribution in [0.2, 0.25) is 0 Å². The molecule has 0 spiro atoms. The Labute approximate surface area is 213 Å². The highest BCUT2D eigenvalue weighted by molar-refractivity contribution is 7.97. The van der Waals surface area contributed by atoms with E-state index in [1.807, 2.05) is 67.6 Å². The zero-order valence-electron chi connectivity index (χ0n) is 20.1. The van der Waals surface area contributed by atoms with Crippen molar-refractivity contribution in [1.29, 1.82) is 0 Å². The topological polar surface area (TPSA) is 52.6 Å². The van der Waals surface area contributed by atoms with Crippen molar-refractivity contribution in [2.75, 3.05) is 0 Å². The van der Waals surface area contributed by atoms with E-state index < -0.39 is 47.2 Å². The first-order valence-electron chi connectivity index (χ1n) is 12.0. The molecule has 7 heteroatoms. The van der Waals surface area contributed by atoms with Crippen molar-refractivity contribution in [1.82, 2.24) is 0 Å². The molecule has 1 aliphatic carbocycles. The zero-order chi connectivity index (χ0) is 25.6. The number of para-hydroxylation sites is 1. The summed E-state index contributed by atoms with van der Waals surface area (Å²) >= 11 is 0. The molecule has 3 aromatic carbocycles. The third-order valence-electron chi connectivity index (χ3n) is 6.19. The second-order valence-electron chi connectivity index (χ2n) is 9.10. The van der Waals surface area contributed by atoms with Gasteiger partial charge in [-0.15, -0.1) is 0 Å². The van der Waals surface area contributed by atoms with Crippen molar-refractivity contribution >= 4 is 22.8 Å². The molecular weight excluding hydrogens is 482 g/mol. The molecule has 0 radical (unpaired) electrons. The molecule has 0 atom stereocenters. The average molecular weight is 512 g/mol. The van der Waals surface area contributed by atoms with E-state index in [1.165, 1.54) is 6.07 Å². The predicted octanol–water partition coefficient (Wildman–Crippen LogP) is 6.98. The number of carbonyl (C=O) groups is 2. The molecule has 36 heavy (non-hydrogen) atoms. The van der Waals surface area contributed by atoms with Gasteiger partial charge < -0.3 is 9.47 Å².